The second-order valence-electron chi connectivity index (χ2n) is 3.85. The maximum atomic E-state index is 13.7. The highest BCUT2D eigenvalue weighted by molar-refractivity contribution is 5.85. The van der Waals surface area contributed by atoms with Crippen molar-refractivity contribution in [3.8, 4) is 0 Å². The highest BCUT2D eigenvalue weighted by atomic mass is 19.1. The summed E-state index contributed by atoms with van der Waals surface area (Å²) in [5.74, 6) is -1.22. The number of primary amides is 1. The lowest BCUT2D eigenvalue weighted by molar-refractivity contribution is -0.124. The Labute approximate surface area is 104 Å². The van der Waals surface area contributed by atoms with E-state index in [0.29, 0.717) is 0 Å². The van der Waals surface area contributed by atoms with Gasteiger partial charge in [-0.1, -0.05) is 23.3 Å². The summed E-state index contributed by atoms with van der Waals surface area (Å²) < 4.78 is 13.7. The summed E-state index contributed by atoms with van der Waals surface area (Å²) in [5.41, 5.74) is 12.3. The Hall–Kier alpha value is -2.11. The lowest BCUT2D eigenvalue weighted by Crippen LogP contribution is -2.51. The molecular weight excluding hydrogens is 237 g/mol. The summed E-state index contributed by atoms with van der Waals surface area (Å²) >= 11 is 0. The first kappa shape index (κ1) is 14.0. The first-order valence-corrected chi connectivity index (χ1v) is 5.33. The third-order valence-electron chi connectivity index (χ3n) is 2.66. The predicted octanol–water partition coefficient (Wildman–Crippen LogP) is 1.43. The van der Waals surface area contributed by atoms with Gasteiger partial charge in [0.25, 0.3) is 0 Å². The van der Waals surface area contributed by atoms with E-state index in [2.05, 4.69) is 15.3 Å². The summed E-state index contributed by atoms with van der Waals surface area (Å²) in [4.78, 5) is 14.1. The zero-order valence-corrected chi connectivity index (χ0v) is 9.93. The molecule has 0 aliphatic rings. The van der Waals surface area contributed by atoms with Crippen LogP contribution in [0.15, 0.2) is 29.4 Å². The van der Waals surface area contributed by atoms with Gasteiger partial charge in [-0.3, -0.25) is 10.1 Å². The Balaban J connectivity index is 2.97. The molecule has 7 heteroatoms. The molecular formula is C11H14FN5O. The third-order valence-corrected chi connectivity index (χ3v) is 2.66. The number of benzene rings is 1. The molecule has 3 N–H and O–H groups in total. The van der Waals surface area contributed by atoms with Crippen molar-refractivity contribution in [2.75, 3.05) is 13.1 Å². The first-order chi connectivity index (χ1) is 8.52. The maximum Gasteiger partial charge on any atom is 0.242 e. The van der Waals surface area contributed by atoms with Gasteiger partial charge in [-0.05, 0) is 18.5 Å². The zero-order valence-electron chi connectivity index (χ0n) is 9.93. The summed E-state index contributed by atoms with van der Waals surface area (Å²) in [7, 11) is 0. The summed E-state index contributed by atoms with van der Waals surface area (Å²) in [6.07, 6.45) is 0. The number of carbonyl (C=O) groups excluding carboxylic acids is 1. The number of azide groups is 1. The van der Waals surface area contributed by atoms with Crippen LogP contribution in [0, 0.1) is 5.82 Å². The van der Waals surface area contributed by atoms with Crippen molar-refractivity contribution in [2.24, 2.45) is 10.8 Å². The molecule has 1 amide bonds. The molecule has 0 radical (unpaired) electrons. The molecule has 0 spiro atoms. The molecule has 96 valence electrons. The van der Waals surface area contributed by atoms with Crippen LogP contribution >= 0.6 is 0 Å². The van der Waals surface area contributed by atoms with Crippen LogP contribution in [0.1, 0.15) is 12.5 Å². The van der Waals surface area contributed by atoms with E-state index < -0.39 is 17.3 Å². The molecule has 0 heterocycles. The molecule has 0 saturated carbocycles. The molecule has 0 aromatic heterocycles. The van der Waals surface area contributed by atoms with E-state index in [-0.39, 0.29) is 18.7 Å². The monoisotopic (exact) mass is 251 g/mol. The number of carbonyl (C=O) groups is 1. The van der Waals surface area contributed by atoms with Gasteiger partial charge in [-0.15, -0.1) is 0 Å². The Morgan fingerprint density at radius 1 is 1.61 bits per heavy atom. The highest BCUT2D eigenvalue weighted by Crippen LogP contribution is 2.23. The molecule has 0 saturated heterocycles. The number of rotatable bonds is 6. The first-order valence-electron chi connectivity index (χ1n) is 5.33. The van der Waals surface area contributed by atoms with E-state index in [1.54, 1.807) is 6.07 Å². The predicted molar refractivity (Wildman–Crippen MR) is 65.0 cm³/mol. The number of hydrogen-bond donors (Lipinski definition) is 2. The van der Waals surface area contributed by atoms with Crippen LogP contribution in [0.3, 0.4) is 0 Å². The fourth-order valence-corrected chi connectivity index (χ4v) is 1.58. The third kappa shape index (κ3) is 2.97. The molecule has 1 atom stereocenters. The quantitative estimate of drug-likeness (QED) is 0.345. The molecule has 0 aliphatic heterocycles. The maximum absolute atomic E-state index is 13.7. The van der Waals surface area contributed by atoms with Gasteiger partial charge in [-0.2, -0.15) is 0 Å². The van der Waals surface area contributed by atoms with Gasteiger partial charge in [0.05, 0.1) is 0 Å². The van der Waals surface area contributed by atoms with Gasteiger partial charge < -0.3 is 5.73 Å². The van der Waals surface area contributed by atoms with Gasteiger partial charge in [0.2, 0.25) is 5.91 Å². The Kier molecular flexibility index (Phi) is 4.65. The summed E-state index contributed by atoms with van der Waals surface area (Å²) in [6.45, 7) is 1.86. The van der Waals surface area contributed by atoms with E-state index in [9.17, 15) is 9.18 Å². The van der Waals surface area contributed by atoms with E-state index in [4.69, 9.17) is 11.3 Å². The lowest BCUT2D eigenvalue weighted by atomic mass is 9.90. The number of hydrogen-bond acceptors (Lipinski definition) is 3. The molecule has 6 nitrogen and oxygen atoms in total. The lowest BCUT2D eigenvalue weighted by Gasteiger charge is -2.28. The van der Waals surface area contributed by atoms with E-state index in [0.717, 1.165) is 0 Å². The molecule has 0 aliphatic carbocycles. The second-order valence-corrected chi connectivity index (χ2v) is 3.85. The summed E-state index contributed by atoms with van der Waals surface area (Å²) in [5, 5.41) is 6.13. The van der Waals surface area contributed by atoms with Gasteiger partial charge in [-0.25, -0.2) is 4.39 Å². The molecule has 0 bridgehead atoms. The van der Waals surface area contributed by atoms with Gasteiger partial charge in [0.1, 0.15) is 11.4 Å². The van der Waals surface area contributed by atoms with Crippen LogP contribution in [-0.4, -0.2) is 19.0 Å². The van der Waals surface area contributed by atoms with Crippen LogP contribution in [0.4, 0.5) is 4.39 Å². The fourth-order valence-electron chi connectivity index (χ4n) is 1.58. The average molecular weight is 251 g/mol. The second kappa shape index (κ2) is 6.00. The van der Waals surface area contributed by atoms with Crippen molar-refractivity contribution in [2.45, 2.75) is 12.5 Å². The van der Waals surface area contributed by atoms with Crippen molar-refractivity contribution in [1.82, 2.24) is 5.32 Å². The van der Waals surface area contributed by atoms with Crippen LogP contribution in [0.5, 0.6) is 0 Å². The van der Waals surface area contributed by atoms with Crippen molar-refractivity contribution in [3.63, 3.8) is 0 Å². The van der Waals surface area contributed by atoms with Gasteiger partial charge in [0.15, 0.2) is 0 Å². The van der Waals surface area contributed by atoms with Crippen LogP contribution in [0.2, 0.25) is 0 Å². The Bertz CT molecular complexity index is 486. The number of amides is 1. The number of nitrogens with zero attached hydrogens (tertiary/aromatic N) is 3. The molecule has 1 rings (SSSR count). The van der Waals surface area contributed by atoms with Gasteiger partial charge >= 0.3 is 0 Å². The Morgan fingerprint density at radius 2 is 2.28 bits per heavy atom. The molecule has 18 heavy (non-hydrogen) atoms. The van der Waals surface area contributed by atoms with Crippen molar-refractivity contribution < 1.29 is 9.18 Å². The normalized spacial score (nSPS) is 13.4. The minimum Gasteiger partial charge on any atom is -0.368 e. The van der Waals surface area contributed by atoms with Crippen molar-refractivity contribution >= 4 is 5.91 Å². The largest absolute Gasteiger partial charge is 0.368 e. The number of nitrogens with one attached hydrogen (secondary N) is 1. The molecule has 1 aromatic carbocycles. The average Bonchev–Trinajstić information content (AvgIpc) is 2.34. The number of nitrogens with two attached hydrogens (primary N) is 1. The minimum atomic E-state index is -1.34. The highest BCUT2D eigenvalue weighted by Gasteiger charge is 2.34. The molecule has 1 unspecified atom stereocenters. The smallest absolute Gasteiger partial charge is 0.242 e. The molecule has 1 aromatic rings. The Morgan fingerprint density at radius 3 is 2.83 bits per heavy atom. The zero-order chi connectivity index (χ0) is 13.6. The van der Waals surface area contributed by atoms with Crippen molar-refractivity contribution in [1.29, 1.82) is 0 Å². The molecule has 0 fully saturated rings. The minimum absolute atomic E-state index is 0.147. The van der Waals surface area contributed by atoms with Crippen LogP contribution < -0.4 is 11.1 Å². The van der Waals surface area contributed by atoms with E-state index >= 15 is 0 Å². The van der Waals surface area contributed by atoms with Crippen LogP contribution in [0.25, 0.3) is 10.4 Å². The summed E-state index contributed by atoms with van der Waals surface area (Å²) in [6, 6.07) is 5.89. The van der Waals surface area contributed by atoms with Gasteiger partial charge in [0, 0.05) is 23.6 Å². The van der Waals surface area contributed by atoms with E-state index in [1.165, 1.54) is 25.1 Å². The topological polar surface area (TPSA) is 104 Å². The number of halogens is 1. The fraction of sp³-hybridized carbons (Fsp3) is 0.364. The van der Waals surface area contributed by atoms with Crippen molar-refractivity contribution in [3.05, 3.63) is 46.1 Å². The SMILES string of the molecule is CC(NCCN=[N+]=[N-])(C(N)=O)c1ccccc1F. The van der Waals surface area contributed by atoms with E-state index in [1.807, 2.05) is 0 Å². The van der Waals surface area contributed by atoms with Crippen LogP contribution in [-0.2, 0) is 10.3 Å². The standard InChI is InChI=1S/C11H14FN5O/c1-11(10(13)18,15-6-7-16-17-14)8-4-2-3-5-9(8)12/h2-5,15H,6-7H2,1H3,(H2,13,18).